The van der Waals surface area contributed by atoms with Gasteiger partial charge in [-0.2, -0.15) is 0 Å². The van der Waals surface area contributed by atoms with Crippen LogP contribution in [0.5, 0.6) is 0 Å². The second kappa shape index (κ2) is 4.05. The largest absolute Gasteiger partial charge is 0.353 e. The van der Waals surface area contributed by atoms with E-state index >= 15 is 0 Å². The Morgan fingerprint density at radius 2 is 1.75 bits per heavy atom. The first-order valence-electron chi connectivity index (χ1n) is 7.04. The van der Waals surface area contributed by atoms with E-state index in [4.69, 9.17) is 0 Å². The summed E-state index contributed by atoms with van der Waals surface area (Å²) in [5, 5.41) is 3.27. The van der Waals surface area contributed by atoms with Crippen molar-refractivity contribution in [3.63, 3.8) is 0 Å². The average molecular weight is 221 g/mol. The molecule has 2 nitrogen and oxygen atoms in total. The van der Waals surface area contributed by atoms with Crippen LogP contribution in [0.1, 0.15) is 51.9 Å². The van der Waals surface area contributed by atoms with Gasteiger partial charge in [-0.3, -0.25) is 4.79 Å². The zero-order valence-corrected chi connectivity index (χ0v) is 10.2. The second-order valence-electron chi connectivity index (χ2n) is 6.27. The Morgan fingerprint density at radius 1 is 1.12 bits per heavy atom. The van der Waals surface area contributed by atoms with Crippen molar-refractivity contribution in [2.45, 2.75) is 57.9 Å². The Morgan fingerprint density at radius 3 is 2.38 bits per heavy atom. The van der Waals surface area contributed by atoms with Gasteiger partial charge >= 0.3 is 0 Å². The van der Waals surface area contributed by atoms with Crippen molar-refractivity contribution in [3.8, 4) is 0 Å². The fraction of sp³-hybridized carbons (Fsp3) is 0.929. The molecule has 0 aromatic rings. The third-order valence-electron chi connectivity index (χ3n) is 5.09. The van der Waals surface area contributed by atoms with Crippen LogP contribution < -0.4 is 5.32 Å². The quantitative estimate of drug-likeness (QED) is 0.780. The third-order valence-corrected chi connectivity index (χ3v) is 5.09. The van der Waals surface area contributed by atoms with Gasteiger partial charge in [0.1, 0.15) is 0 Å². The first kappa shape index (κ1) is 10.6. The van der Waals surface area contributed by atoms with Crippen LogP contribution in [0.2, 0.25) is 0 Å². The summed E-state index contributed by atoms with van der Waals surface area (Å²) in [7, 11) is 0. The van der Waals surface area contributed by atoms with Crippen molar-refractivity contribution in [1.29, 1.82) is 0 Å². The first-order valence-corrected chi connectivity index (χ1v) is 7.04. The molecule has 0 heterocycles. The van der Waals surface area contributed by atoms with E-state index in [0.717, 1.165) is 17.8 Å². The molecule has 0 aromatic heterocycles. The summed E-state index contributed by atoms with van der Waals surface area (Å²) in [6.07, 6.45) is 9.11. The molecule has 0 spiro atoms. The van der Waals surface area contributed by atoms with Crippen molar-refractivity contribution < 1.29 is 4.79 Å². The topological polar surface area (TPSA) is 29.1 Å². The Bertz CT molecular complexity index is 272. The third kappa shape index (κ3) is 1.99. The summed E-state index contributed by atoms with van der Waals surface area (Å²) in [6.45, 7) is 2.20. The molecule has 0 aliphatic heterocycles. The molecule has 0 saturated heterocycles. The highest BCUT2D eigenvalue weighted by Gasteiger charge is 2.48. The van der Waals surface area contributed by atoms with E-state index in [-0.39, 0.29) is 0 Å². The van der Waals surface area contributed by atoms with Gasteiger partial charge < -0.3 is 5.32 Å². The van der Waals surface area contributed by atoms with Gasteiger partial charge in [0.05, 0.1) is 0 Å². The maximum absolute atomic E-state index is 12.1. The lowest BCUT2D eigenvalue weighted by Gasteiger charge is -2.22. The van der Waals surface area contributed by atoms with Crippen molar-refractivity contribution >= 4 is 5.91 Å². The van der Waals surface area contributed by atoms with Crippen LogP contribution in [0, 0.1) is 23.7 Å². The van der Waals surface area contributed by atoms with Gasteiger partial charge in [0.2, 0.25) is 5.91 Å². The summed E-state index contributed by atoms with van der Waals surface area (Å²) in [5.41, 5.74) is 0. The fourth-order valence-electron chi connectivity index (χ4n) is 3.85. The monoisotopic (exact) mass is 221 g/mol. The minimum atomic E-state index is 0.353. The lowest BCUT2D eigenvalue weighted by atomic mass is 9.97. The smallest absolute Gasteiger partial charge is 0.223 e. The first-order chi connectivity index (χ1) is 7.74. The number of rotatable bonds is 3. The van der Waals surface area contributed by atoms with Gasteiger partial charge in [0.25, 0.3) is 0 Å². The summed E-state index contributed by atoms with van der Waals surface area (Å²) >= 11 is 0. The maximum atomic E-state index is 12.1. The number of carbonyl (C=O) groups is 1. The van der Waals surface area contributed by atoms with Crippen LogP contribution >= 0.6 is 0 Å². The van der Waals surface area contributed by atoms with E-state index in [2.05, 4.69) is 12.2 Å². The van der Waals surface area contributed by atoms with Crippen LogP contribution in [0.25, 0.3) is 0 Å². The number of nitrogens with one attached hydrogen (secondary N) is 1. The zero-order chi connectivity index (χ0) is 11.1. The van der Waals surface area contributed by atoms with Gasteiger partial charge in [-0.25, -0.2) is 0 Å². The van der Waals surface area contributed by atoms with E-state index in [1.807, 2.05) is 0 Å². The van der Waals surface area contributed by atoms with Crippen molar-refractivity contribution in [1.82, 2.24) is 5.32 Å². The van der Waals surface area contributed by atoms with Gasteiger partial charge in [0, 0.05) is 12.0 Å². The lowest BCUT2D eigenvalue weighted by Crippen LogP contribution is -2.40. The summed E-state index contributed by atoms with van der Waals surface area (Å²) in [6, 6.07) is 0.409. The molecular weight excluding hydrogens is 198 g/mol. The van der Waals surface area contributed by atoms with Gasteiger partial charge in [-0.15, -0.1) is 0 Å². The summed E-state index contributed by atoms with van der Waals surface area (Å²) in [4.78, 5) is 12.1. The molecule has 0 radical (unpaired) electrons. The average Bonchev–Trinajstić information content (AvgIpc) is 2.77. The van der Waals surface area contributed by atoms with Crippen LogP contribution in [0.15, 0.2) is 0 Å². The van der Waals surface area contributed by atoms with Crippen LogP contribution in [-0.4, -0.2) is 11.9 Å². The van der Waals surface area contributed by atoms with Crippen LogP contribution in [0.3, 0.4) is 0 Å². The fourth-order valence-corrected chi connectivity index (χ4v) is 3.85. The number of amides is 1. The molecule has 3 saturated carbocycles. The van der Waals surface area contributed by atoms with Gasteiger partial charge in [0.15, 0.2) is 0 Å². The normalized spacial score (nSPS) is 39.4. The SMILES string of the molecule is CC(NC(=O)C1CC2CC2C1)C1CCCC1. The van der Waals surface area contributed by atoms with E-state index in [9.17, 15) is 4.79 Å². The lowest BCUT2D eigenvalue weighted by molar-refractivity contribution is -0.126. The number of carbonyl (C=O) groups excluding carboxylic acids is 1. The molecule has 2 heteroatoms. The molecule has 3 atom stereocenters. The highest BCUT2D eigenvalue weighted by atomic mass is 16.1. The van der Waals surface area contributed by atoms with E-state index in [0.29, 0.717) is 17.9 Å². The van der Waals surface area contributed by atoms with Crippen LogP contribution in [-0.2, 0) is 4.79 Å². The van der Waals surface area contributed by atoms with E-state index in [1.165, 1.54) is 44.9 Å². The predicted octanol–water partition coefficient (Wildman–Crippen LogP) is 2.73. The molecule has 3 aliphatic rings. The predicted molar refractivity (Wildman–Crippen MR) is 63.9 cm³/mol. The van der Waals surface area contributed by atoms with Crippen molar-refractivity contribution in [2.75, 3.05) is 0 Å². The molecule has 1 N–H and O–H groups in total. The number of hydrogen-bond donors (Lipinski definition) is 1. The number of fused-ring (bicyclic) bond motifs is 1. The Balaban J connectivity index is 1.48. The molecule has 90 valence electrons. The van der Waals surface area contributed by atoms with E-state index < -0.39 is 0 Å². The minimum absolute atomic E-state index is 0.353. The Hall–Kier alpha value is -0.530. The van der Waals surface area contributed by atoms with Gasteiger partial charge in [-0.05, 0) is 56.8 Å². The molecule has 3 fully saturated rings. The molecular formula is C14H23NO. The summed E-state index contributed by atoms with van der Waals surface area (Å²) < 4.78 is 0. The molecule has 1 amide bonds. The second-order valence-corrected chi connectivity index (χ2v) is 6.27. The highest BCUT2D eigenvalue weighted by Crippen LogP contribution is 2.54. The van der Waals surface area contributed by atoms with Crippen molar-refractivity contribution in [2.24, 2.45) is 23.7 Å². The number of hydrogen-bond acceptors (Lipinski definition) is 1. The Kier molecular flexibility index (Phi) is 2.68. The highest BCUT2D eigenvalue weighted by molar-refractivity contribution is 5.79. The Labute approximate surface area is 98.2 Å². The standard InChI is InChI=1S/C14H23NO/c1-9(10-4-2-3-5-10)15-14(16)13-7-11-6-12(11)8-13/h9-13H,2-8H2,1H3,(H,15,16). The summed E-state index contributed by atoms with van der Waals surface area (Å²) in [5.74, 6) is 3.29. The molecule has 16 heavy (non-hydrogen) atoms. The molecule has 0 aromatic carbocycles. The van der Waals surface area contributed by atoms with Crippen LogP contribution in [0.4, 0.5) is 0 Å². The van der Waals surface area contributed by atoms with E-state index in [1.54, 1.807) is 0 Å². The van der Waals surface area contributed by atoms with Crippen molar-refractivity contribution in [3.05, 3.63) is 0 Å². The minimum Gasteiger partial charge on any atom is -0.353 e. The van der Waals surface area contributed by atoms with Gasteiger partial charge in [-0.1, -0.05) is 12.8 Å². The maximum Gasteiger partial charge on any atom is 0.223 e. The molecule has 3 rings (SSSR count). The molecule has 0 bridgehead atoms. The molecule has 3 aliphatic carbocycles. The molecule has 3 unspecified atom stereocenters. The zero-order valence-electron chi connectivity index (χ0n) is 10.2.